The van der Waals surface area contributed by atoms with Gasteiger partial charge in [0.25, 0.3) is 0 Å². The molecule has 0 saturated carbocycles. The lowest BCUT2D eigenvalue weighted by Gasteiger charge is -2.16. The molecule has 0 amide bonds. The molecule has 0 bridgehead atoms. The van der Waals surface area contributed by atoms with Crippen LogP contribution in [0, 0.1) is 13.8 Å². The van der Waals surface area contributed by atoms with Crippen LogP contribution in [-0.2, 0) is 4.79 Å². The lowest BCUT2D eigenvalue weighted by molar-refractivity contribution is -0.139. The van der Waals surface area contributed by atoms with Crippen LogP contribution in [0.2, 0.25) is 5.02 Å². The van der Waals surface area contributed by atoms with Gasteiger partial charge in [-0.1, -0.05) is 35.9 Å². The van der Waals surface area contributed by atoms with E-state index < -0.39 is 11.9 Å². The summed E-state index contributed by atoms with van der Waals surface area (Å²) in [7, 11) is 0. The molecule has 22 heavy (non-hydrogen) atoms. The lowest BCUT2D eigenvalue weighted by atomic mass is 9.92. The summed E-state index contributed by atoms with van der Waals surface area (Å²) in [6, 6.07) is 13.0. The Balaban J connectivity index is 2.04. The van der Waals surface area contributed by atoms with Crippen molar-refractivity contribution in [2.75, 3.05) is 6.61 Å². The molecule has 0 aliphatic carbocycles. The highest BCUT2D eigenvalue weighted by molar-refractivity contribution is 6.30. The van der Waals surface area contributed by atoms with E-state index in [4.69, 9.17) is 16.3 Å². The predicted molar refractivity (Wildman–Crippen MR) is 87.9 cm³/mol. The average Bonchev–Trinajstić information content (AvgIpc) is 2.46. The van der Waals surface area contributed by atoms with Gasteiger partial charge in [-0.25, -0.2) is 0 Å². The van der Waals surface area contributed by atoms with Crippen LogP contribution < -0.4 is 4.74 Å². The number of benzene rings is 2. The van der Waals surface area contributed by atoms with Crippen molar-refractivity contribution >= 4 is 17.6 Å². The molecule has 2 aromatic rings. The number of carboxylic acids is 1. The van der Waals surface area contributed by atoms with E-state index in [2.05, 4.69) is 0 Å². The Morgan fingerprint density at radius 3 is 2.55 bits per heavy atom. The highest BCUT2D eigenvalue weighted by atomic mass is 35.5. The van der Waals surface area contributed by atoms with Gasteiger partial charge < -0.3 is 9.84 Å². The van der Waals surface area contributed by atoms with Crippen molar-refractivity contribution in [3.8, 4) is 5.75 Å². The molecule has 0 radical (unpaired) electrons. The Kier molecular flexibility index (Phi) is 5.45. The monoisotopic (exact) mass is 318 g/mol. The molecule has 0 saturated heterocycles. The fraction of sp³-hybridized carbons (Fsp3) is 0.278. The van der Waals surface area contributed by atoms with E-state index in [-0.39, 0.29) is 0 Å². The number of carboxylic acid groups (broad SMARTS) is 1. The first-order valence-corrected chi connectivity index (χ1v) is 7.54. The van der Waals surface area contributed by atoms with Gasteiger partial charge >= 0.3 is 5.97 Å². The van der Waals surface area contributed by atoms with Crippen LogP contribution in [-0.4, -0.2) is 17.7 Å². The van der Waals surface area contributed by atoms with Crippen molar-refractivity contribution < 1.29 is 14.6 Å². The zero-order chi connectivity index (χ0) is 16.1. The van der Waals surface area contributed by atoms with Crippen LogP contribution in [0.25, 0.3) is 0 Å². The van der Waals surface area contributed by atoms with Crippen molar-refractivity contribution in [2.45, 2.75) is 26.2 Å². The third-order valence-corrected chi connectivity index (χ3v) is 3.90. The van der Waals surface area contributed by atoms with Crippen molar-refractivity contribution in [2.24, 2.45) is 0 Å². The summed E-state index contributed by atoms with van der Waals surface area (Å²) in [4.78, 5) is 11.5. The van der Waals surface area contributed by atoms with Crippen molar-refractivity contribution in [3.63, 3.8) is 0 Å². The third-order valence-electron chi connectivity index (χ3n) is 3.66. The van der Waals surface area contributed by atoms with Crippen molar-refractivity contribution in [1.82, 2.24) is 0 Å². The number of hydrogen-bond acceptors (Lipinski definition) is 2. The Hall–Kier alpha value is -2.00. The van der Waals surface area contributed by atoms with Gasteiger partial charge in [-0.05, 0) is 55.2 Å². The molecule has 2 aromatic carbocycles. The van der Waals surface area contributed by atoms with E-state index in [1.54, 1.807) is 12.1 Å². The zero-order valence-corrected chi connectivity index (χ0v) is 13.4. The Morgan fingerprint density at radius 1 is 1.18 bits per heavy atom. The number of rotatable bonds is 6. The number of halogens is 1. The molecule has 0 fully saturated rings. The van der Waals surface area contributed by atoms with Crippen molar-refractivity contribution in [1.29, 1.82) is 0 Å². The molecule has 1 atom stereocenters. The highest BCUT2D eigenvalue weighted by Gasteiger charge is 2.21. The number of ether oxygens (including phenoxy) is 1. The summed E-state index contributed by atoms with van der Waals surface area (Å²) >= 11 is 5.91. The van der Waals surface area contributed by atoms with Crippen LogP contribution >= 0.6 is 11.6 Å². The largest absolute Gasteiger partial charge is 0.493 e. The smallest absolute Gasteiger partial charge is 0.311 e. The van der Waals surface area contributed by atoms with Gasteiger partial charge in [0, 0.05) is 5.02 Å². The summed E-state index contributed by atoms with van der Waals surface area (Å²) in [5.41, 5.74) is 2.76. The van der Waals surface area contributed by atoms with Gasteiger partial charge in [-0.15, -0.1) is 0 Å². The summed E-state index contributed by atoms with van der Waals surface area (Å²) in [6.07, 6.45) is 0.419. The molecule has 0 heterocycles. The van der Waals surface area contributed by atoms with E-state index in [1.165, 1.54) is 0 Å². The first-order valence-electron chi connectivity index (χ1n) is 7.16. The van der Waals surface area contributed by atoms with Gasteiger partial charge in [-0.2, -0.15) is 0 Å². The maximum Gasteiger partial charge on any atom is 0.311 e. The van der Waals surface area contributed by atoms with Gasteiger partial charge in [-0.3, -0.25) is 4.79 Å². The Morgan fingerprint density at radius 2 is 1.91 bits per heavy atom. The van der Waals surface area contributed by atoms with Crippen LogP contribution in [0.4, 0.5) is 0 Å². The standard InChI is InChI=1S/C18H19ClO3/c1-12-5-3-4-6-15(12)16(18(20)21)9-10-22-17-8-7-14(19)11-13(17)2/h3-8,11,16H,9-10H2,1-2H3,(H,20,21). The minimum absolute atomic E-state index is 0.341. The molecular weight excluding hydrogens is 300 g/mol. The molecular formula is C18H19ClO3. The van der Waals surface area contributed by atoms with Gasteiger partial charge in [0.05, 0.1) is 12.5 Å². The number of aryl methyl sites for hydroxylation is 2. The molecule has 0 spiro atoms. The van der Waals surface area contributed by atoms with Crippen molar-refractivity contribution in [3.05, 3.63) is 64.2 Å². The van der Waals surface area contributed by atoms with Gasteiger partial charge in [0.2, 0.25) is 0 Å². The topological polar surface area (TPSA) is 46.5 Å². The molecule has 0 aliphatic rings. The van der Waals surface area contributed by atoms with Gasteiger partial charge in [0.1, 0.15) is 5.75 Å². The quantitative estimate of drug-likeness (QED) is 0.847. The molecule has 4 heteroatoms. The normalized spacial score (nSPS) is 12.0. The fourth-order valence-electron chi connectivity index (χ4n) is 2.45. The maximum absolute atomic E-state index is 11.5. The highest BCUT2D eigenvalue weighted by Crippen LogP contribution is 2.25. The first-order chi connectivity index (χ1) is 10.5. The molecule has 1 N–H and O–H groups in total. The SMILES string of the molecule is Cc1cc(Cl)ccc1OCCC(C(=O)O)c1ccccc1C. The number of carbonyl (C=O) groups is 1. The Labute approximate surface area is 135 Å². The maximum atomic E-state index is 11.5. The van der Waals surface area contributed by atoms with Crippen LogP contribution in [0.3, 0.4) is 0 Å². The van der Waals surface area contributed by atoms with E-state index in [0.29, 0.717) is 18.1 Å². The zero-order valence-electron chi connectivity index (χ0n) is 12.7. The second-order valence-electron chi connectivity index (χ2n) is 5.29. The van der Waals surface area contributed by atoms with E-state index >= 15 is 0 Å². The number of hydrogen-bond donors (Lipinski definition) is 1. The summed E-state index contributed by atoms with van der Waals surface area (Å²) in [5, 5.41) is 10.1. The van der Waals surface area contributed by atoms with E-state index in [9.17, 15) is 9.90 Å². The molecule has 1 unspecified atom stereocenters. The van der Waals surface area contributed by atoms with E-state index in [0.717, 1.165) is 22.4 Å². The lowest BCUT2D eigenvalue weighted by Crippen LogP contribution is -2.16. The third kappa shape index (κ3) is 4.01. The second-order valence-corrected chi connectivity index (χ2v) is 5.73. The molecule has 0 aliphatic heterocycles. The van der Waals surface area contributed by atoms with Crippen LogP contribution in [0.5, 0.6) is 5.75 Å². The summed E-state index contributed by atoms with van der Waals surface area (Å²) in [6.45, 7) is 4.18. The molecule has 2 rings (SSSR count). The minimum Gasteiger partial charge on any atom is -0.493 e. The van der Waals surface area contributed by atoms with E-state index in [1.807, 2.05) is 44.2 Å². The average molecular weight is 319 g/mol. The van der Waals surface area contributed by atoms with Gasteiger partial charge in [0.15, 0.2) is 0 Å². The Bertz CT molecular complexity index is 667. The minimum atomic E-state index is -0.828. The summed E-state index contributed by atoms with van der Waals surface area (Å²) in [5.74, 6) is -0.655. The molecule has 0 aromatic heterocycles. The summed E-state index contributed by atoms with van der Waals surface area (Å²) < 4.78 is 5.71. The second kappa shape index (κ2) is 7.32. The van der Waals surface area contributed by atoms with Crippen LogP contribution in [0.1, 0.15) is 29.0 Å². The number of aliphatic carboxylic acids is 1. The fourth-order valence-corrected chi connectivity index (χ4v) is 2.68. The van der Waals surface area contributed by atoms with Crippen LogP contribution in [0.15, 0.2) is 42.5 Å². The predicted octanol–water partition coefficient (Wildman–Crippen LogP) is 4.59. The molecule has 3 nitrogen and oxygen atoms in total. The molecule has 116 valence electrons. The first kappa shape index (κ1) is 16.4.